The first-order valence-corrected chi connectivity index (χ1v) is 7.65. The Hall–Kier alpha value is -1.88. The van der Waals surface area contributed by atoms with E-state index in [-0.39, 0.29) is 4.31 Å². The highest BCUT2D eigenvalue weighted by Crippen LogP contribution is 2.38. The van der Waals surface area contributed by atoms with Crippen LogP contribution in [0.3, 0.4) is 0 Å². The second kappa shape index (κ2) is 5.96. The zero-order chi connectivity index (χ0) is 17.4. The van der Waals surface area contributed by atoms with Crippen molar-refractivity contribution in [2.45, 2.75) is 29.9 Å². The summed E-state index contributed by atoms with van der Waals surface area (Å²) in [7, 11) is -4.77. The van der Waals surface area contributed by atoms with Gasteiger partial charge in [-0.25, -0.2) is 17.2 Å². The first-order chi connectivity index (χ1) is 10.5. The van der Waals surface area contributed by atoms with E-state index in [2.05, 4.69) is 4.74 Å². The Bertz CT molecular complexity index is 709. The summed E-state index contributed by atoms with van der Waals surface area (Å²) in [5, 5.41) is 8.95. The lowest BCUT2D eigenvalue weighted by molar-refractivity contribution is -0.141. The van der Waals surface area contributed by atoms with Crippen LogP contribution in [0.25, 0.3) is 0 Å². The summed E-state index contributed by atoms with van der Waals surface area (Å²) >= 11 is 0. The largest absolute Gasteiger partial charge is 0.480 e. The molecule has 0 unspecified atom stereocenters. The average Bonchev–Trinajstić information content (AvgIpc) is 2.75. The number of halogens is 4. The van der Waals surface area contributed by atoms with E-state index in [0.29, 0.717) is 0 Å². The predicted octanol–water partition coefficient (Wildman–Crippen LogP) is 1.77. The average molecular weight is 357 g/mol. The molecule has 1 saturated heterocycles. The fourth-order valence-electron chi connectivity index (χ4n) is 2.23. The van der Waals surface area contributed by atoms with E-state index >= 15 is 0 Å². The molecule has 1 fully saturated rings. The summed E-state index contributed by atoms with van der Waals surface area (Å²) in [5.41, 5.74) is 0. The highest BCUT2D eigenvalue weighted by atomic mass is 32.2. The lowest BCUT2D eigenvalue weighted by atomic mass is 10.2. The molecule has 1 heterocycles. The number of carboxylic acids is 1. The number of rotatable bonds is 5. The molecule has 0 radical (unpaired) electrons. The number of alkyl halides is 4. The van der Waals surface area contributed by atoms with Gasteiger partial charge < -0.3 is 9.84 Å². The number of benzene rings is 1. The Morgan fingerprint density at radius 2 is 1.96 bits per heavy atom. The summed E-state index contributed by atoms with van der Waals surface area (Å²) in [5.74, 6) is -6.03. The minimum Gasteiger partial charge on any atom is -0.480 e. The molecular formula is C12H11F4NO5S. The highest BCUT2D eigenvalue weighted by molar-refractivity contribution is 7.89. The Balaban J connectivity index is 2.48. The van der Waals surface area contributed by atoms with Gasteiger partial charge in [0.05, 0.1) is 6.54 Å². The van der Waals surface area contributed by atoms with E-state index in [1.54, 1.807) is 0 Å². The van der Waals surface area contributed by atoms with Crippen LogP contribution in [0.2, 0.25) is 0 Å². The zero-order valence-electron chi connectivity index (χ0n) is 11.3. The van der Waals surface area contributed by atoms with Gasteiger partial charge >= 0.3 is 12.6 Å². The van der Waals surface area contributed by atoms with Crippen molar-refractivity contribution in [2.24, 2.45) is 0 Å². The van der Waals surface area contributed by atoms with Crippen molar-refractivity contribution in [3.63, 3.8) is 0 Å². The molecule has 1 atom stereocenters. The van der Waals surface area contributed by atoms with Crippen LogP contribution in [-0.2, 0) is 14.8 Å². The van der Waals surface area contributed by atoms with E-state index in [0.717, 1.165) is 12.1 Å². The van der Waals surface area contributed by atoms with E-state index in [4.69, 9.17) is 5.11 Å². The number of nitrogens with zero attached hydrogens (tertiary/aromatic N) is 1. The van der Waals surface area contributed by atoms with E-state index in [9.17, 15) is 30.8 Å². The third kappa shape index (κ3) is 3.55. The maximum atomic E-state index is 13.4. The molecule has 6 nitrogen and oxygen atoms in total. The van der Waals surface area contributed by atoms with E-state index in [1.807, 2.05) is 0 Å². The molecule has 128 valence electrons. The van der Waals surface area contributed by atoms with Crippen LogP contribution in [0.15, 0.2) is 29.2 Å². The number of aliphatic carboxylic acids is 1. The van der Waals surface area contributed by atoms with Crippen LogP contribution in [0.5, 0.6) is 5.75 Å². The number of sulfonamides is 1. The van der Waals surface area contributed by atoms with Crippen LogP contribution < -0.4 is 4.74 Å². The van der Waals surface area contributed by atoms with Crippen molar-refractivity contribution in [1.29, 1.82) is 0 Å². The van der Waals surface area contributed by atoms with Gasteiger partial charge in [0.15, 0.2) is 0 Å². The lowest BCUT2D eigenvalue weighted by Crippen LogP contribution is -2.40. The van der Waals surface area contributed by atoms with Gasteiger partial charge in [0.25, 0.3) is 5.92 Å². The minimum absolute atomic E-state index is 0.0863. The van der Waals surface area contributed by atoms with Crippen LogP contribution in [0, 0.1) is 0 Å². The van der Waals surface area contributed by atoms with Crippen molar-refractivity contribution < 1.29 is 40.6 Å². The van der Waals surface area contributed by atoms with Crippen LogP contribution in [0.1, 0.15) is 6.42 Å². The molecule has 1 aromatic carbocycles. The summed E-state index contributed by atoms with van der Waals surface area (Å²) in [4.78, 5) is 10.2. The number of hydrogen-bond acceptors (Lipinski definition) is 4. The molecular weight excluding hydrogens is 346 g/mol. The number of carboxylic acid groups (broad SMARTS) is 1. The fourth-order valence-corrected chi connectivity index (χ4v) is 3.97. The van der Waals surface area contributed by atoms with Gasteiger partial charge in [0.1, 0.15) is 16.7 Å². The summed E-state index contributed by atoms with van der Waals surface area (Å²) in [6.07, 6.45) is -1.20. The van der Waals surface area contributed by atoms with Gasteiger partial charge in [-0.15, -0.1) is 0 Å². The highest BCUT2D eigenvalue weighted by Gasteiger charge is 2.53. The third-order valence-electron chi connectivity index (χ3n) is 3.16. The Kier molecular flexibility index (Phi) is 4.53. The molecule has 2 rings (SSSR count). The van der Waals surface area contributed by atoms with Gasteiger partial charge in [-0.3, -0.25) is 4.79 Å². The molecule has 0 amide bonds. The third-order valence-corrected chi connectivity index (χ3v) is 5.06. The fraction of sp³-hybridized carbons (Fsp3) is 0.417. The van der Waals surface area contributed by atoms with E-state index in [1.165, 1.54) is 12.1 Å². The van der Waals surface area contributed by atoms with E-state index < -0.39 is 58.2 Å². The van der Waals surface area contributed by atoms with Crippen molar-refractivity contribution in [3.05, 3.63) is 24.3 Å². The molecule has 0 saturated carbocycles. The van der Waals surface area contributed by atoms with Crippen LogP contribution in [-0.4, -0.2) is 48.9 Å². The van der Waals surface area contributed by atoms with Gasteiger partial charge in [-0.05, 0) is 12.1 Å². The molecule has 0 aliphatic carbocycles. The molecule has 1 aliphatic heterocycles. The minimum atomic E-state index is -4.77. The standard InChI is InChI=1S/C12H11F4NO5S/c13-11(14)22-8-3-1-2-4-9(8)23(20,21)17-6-12(15,16)5-7(17)10(18)19/h1-4,7,11H,5-6H2,(H,18,19)/t7-/m0/s1. The monoisotopic (exact) mass is 357 g/mol. The topological polar surface area (TPSA) is 83.9 Å². The number of hydrogen-bond donors (Lipinski definition) is 1. The molecule has 0 aromatic heterocycles. The Morgan fingerprint density at radius 1 is 1.35 bits per heavy atom. The maximum absolute atomic E-state index is 13.4. The smallest absolute Gasteiger partial charge is 0.387 e. The number of para-hydroxylation sites is 1. The normalized spacial score (nSPS) is 21.5. The van der Waals surface area contributed by atoms with Gasteiger partial charge in [-0.2, -0.15) is 13.1 Å². The molecule has 1 aliphatic rings. The van der Waals surface area contributed by atoms with Crippen LogP contribution in [0.4, 0.5) is 17.6 Å². The summed E-state index contributed by atoms with van der Waals surface area (Å²) in [6, 6.07) is 2.19. The SMILES string of the molecule is O=C(O)[C@@H]1CC(F)(F)CN1S(=O)(=O)c1ccccc1OC(F)F. The molecule has 11 heteroatoms. The first kappa shape index (κ1) is 17.5. The van der Waals surface area contributed by atoms with Crippen molar-refractivity contribution in [1.82, 2.24) is 4.31 Å². The molecule has 1 aromatic rings. The second-order valence-corrected chi connectivity index (χ2v) is 6.65. The quantitative estimate of drug-likeness (QED) is 0.812. The Labute approximate surface area is 128 Å². The molecule has 23 heavy (non-hydrogen) atoms. The first-order valence-electron chi connectivity index (χ1n) is 6.21. The van der Waals surface area contributed by atoms with Crippen molar-refractivity contribution in [2.75, 3.05) is 6.54 Å². The van der Waals surface area contributed by atoms with Gasteiger partial charge in [0, 0.05) is 6.42 Å². The number of ether oxygens (including phenoxy) is 1. The molecule has 0 spiro atoms. The molecule has 1 N–H and O–H groups in total. The second-order valence-electron chi connectivity index (χ2n) is 4.79. The number of carbonyl (C=O) groups is 1. The van der Waals surface area contributed by atoms with Gasteiger partial charge in [-0.1, -0.05) is 12.1 Å². The van der Waals surface area contributed by atoms with Gasteiger partial charge in [0.2, 0.25) is 10.0 Å². The van der Waals surface area contributed by atoms with Crippen molar-refractivity contribution in [3.8, 4) is 5.75 Å². The van der Waals surface area contributed by atoms with Crippen molar-refractivity contribution >= 4 is 16.0 Å². The predicted molar refractivity (Wildman–Crippen MR) is 68.0 cm³/mol. The summed E-state index contributed by atoms with van der Waals surface area (Å²) < 4.78 is 80.6. The lowest BCUT2D eigenvalue weighted by Gasteiger charge is -2.21. The Morgan fingerprint density at radius 3 is 2.52 bits per heavy atom. The molecule has 0 bridgehead atoms. The maximum Gasteiger partial charge on any atom is 0.387 e. The summed E-state index contributed by atoms with van der Waals surface area (Å²) in [6.45, 7) is -4.68. The van der Waals surface area contributed by atoms with Crippen LogP contribution >= 0.6 is 0 Å². The zero-order valence-corrected chi connectivity index (χ0v) is 12.1.